The summed E-state index contributed by atoms with van der Waals surface area (Å²) in [6, 6.07) is -0.394. The fourth-order valence-electron chi connectivity index (χ4n) is 1.26. The zero-order valence-corrected chi connectivity index (χ0v) is 9.65. The third-order valence-corrected chi connectivity index (χ3v) is 2.92. The monoisotopic (exact) mass is 227 g/mol. The summed E-state index contributed by atoms with van der Waals surface area (Å²) in [5, 5.41) is 0. The Kier molecular flexibility index (Phi) is 5.02. The van der Waals surface area contributed by atoms with Crippen molar-refractivity contribution in [2.24, 2.45) is 5.84 Å². The zero-order valence-electron chi connectivity index (χ0n) is 9.65. The lowest BCUT2D eigenvalue weighted by atomic mass is 9.90. The van der Waals surface area contributed by atoms with Crippen molar-refractivity contribution in [3.63, 3.8) is 0 Å². The number of alkyl halides is 3. The maximum absolute atomic E-state index is 12.1. The summed E-state index contributed by atoms with van der Waals surface area (Å²) in [6.45, 7) is 3.71. The van der Waals surface area contributed by atoms with E-state index in [2.05, 4.69) is 5.43 Å². The molecule has 0 heterocycles. The first-order valence-electron chi connectivity index (χ1n) is 4.81. The van der Waals surface area contributed by atoms with E-state index < -0.39 is 24.2 Å². The van der Waals surface area contributed by atoms with Crippen LogP contribution in [0.1, 0.15) is 26.7 Å². The van der Waals surface area contributed by atoms with Crippen molar-refractivity contribution in [1.29, 1.82) is 0 Å². The number of halogens is 3. The third-order valence-electron chi connectivity index (χ3n) is 2.92. The molecule has 3 nitrogen and oxygen atoms in total. The highest BCUT2D eigenvalue weighted by Gasteiger charge is 2.35. The van der Waals surface area contributed by atoms with Gasteiger partial charge in [0.05, 0.1) is 0 Å². The second-order valence-electron chi connectivity index (χ2n) is 4.42. The van der Waals surface area contributed by atoms with Crippen molar-refractivity contribution in [3.8, 4) is 0 Å². The van der Waals surface area contributed by atoms with Crippen molar-refractivity contribution in [1.82, 2.24) is 10.3 Å². The van der Waals surface area contributed by atoms with E-state index in [4.69, 9.17) is 5.84 Å². The first-order chi connectivity index (χ1) is 6.61. The number of nitrogens with zero attached hydrogens (tertiary/aromatic N) is 1. The number of hydrogen-bond acceptors (Lipinski definition) is 3. The molecule has 0 aromatic heterocycles. The first-order valence-corrected chi connectivity index (χ1v) is 4.81. The van der Waals surface area contributed by atoms with E-state index in [9.17, 15) is 13.2 Å². The van der Waals surface area contributed by atoms with Gasteiger partial charge in [0.25, 0.3) is 0 Å². The van der Waals surface area contributed by atoms with E-state index in [1.54, 1.807) is 0 Å². The van der Waals surface area contributed by atoms with Gasteiger partial charge < -0.3 is 4.90 Å². The molecule has 0 aromatic rings. The van der Waals surface area contributed by atoms with Crippen molar-refractivity contribution in [3.05, 3.63) is 0 Å². The van der Waals surface area contributed by atoms with Gasteiger partial charge in [-0.25, -0.2) is 0 Å². The first kappa shape index (κ1) is 14.7. The summed E-state index contributed by atoms with van der Waals surface area (Å²) in [5.74, 6) is 5.28. The predicted octanol–water partition coefficient (Wildman–Crippen LogP) is 1.50. The van der Waals surface area contributed by atoms with Crippen LogP contribution in [0.2, 0.25) is 0 Å². The Labute approximate surface area is 88.8 Å². The van der Waals surface area contributed by atoms with Crippen molar-refractivity contribution < 1.29 is 13.2 Å². The highest BCUT2D eigenvalue weighted by atomic mass is 19.4. The van der Waals surface area contributed by atoms with Gasteiger partial charge in [-0.3, -0.25) is 11.3 Å². The molecule has 0 aliphatic heterocycles. The van der Waals surface area contributed by atoms with E-state index in [1.165, 1.54) is 0 Å². The van der Waals surface area contributed by atoms with Gasteiger partial charge in [-0.1, -0.05) is 0 Å². The predicted molar refractivity (Wildman–Crippen MR) is 54.2 cm³/mol. The molecule has 0 aliphatic rings. The fourth-order valence-corrected chi connectivity index (χ4v) is 1.26. The Morgan fingerprint density at radius 3 is 2.00 bits per heavy atom. The van der Waals surface area contributed by atoms with Crippen LogP contribution in [0.15, 0.2) is 0 Å². The average Bonchev–Trinajstić information content (AvgIpc) is 2.02. The van der Waals surface area contributed by atoms with Crippen molar-refractivity contribution in [2.45, 2.75) is 44.4 Å². The lowest BCUT2D eigenvalue weighted by Gasteiger charge is -2.40. The summed E-state index contributed by atoms with van der Waals surface area (Å²) >= 11 is 0. The molecule has 15 heavy (non-hydrogen) atoms. The summed E-state index contributed by atoms with van der Waals surface area (Å²) in [7, 11) is 3.63. The molecule has 0 fully saturated rings. The minimum atomic E-state index is -4.13. The van der Waals surface area contributed by atoms with E-state index in [0.29, 0.717) is 0 Å². The Hall–Kier alpha value is -0.330. The van der Waals surface area contributed by atoms with Crippen LogP contribution in [0.25, 0.3) is 0 Å². The van der Waals surface area contributed by atoms with Crippen LogP contribution in [0.3, 0.4) is 0 Å². The van der Waals surface area contributed by atoms with Crippen LogP contribution in [0.5, 0.6) is 0 Å². The number of nitrogens with one attached hydrogen (secondary N) is 1. The molecule has 0 saturated heterocycles. The smallest absolute Gasteiger partial charge is 0.303 e. The molecule has 0 rings (SSSR count). The molecule has 0 bridgehead atoms. The molecule has 92 valence electrons. The van der Waals surface area contributed by atoms with Crippen LogP contribution in [0, 0.1) is 0 Å². The number of rotatable bonds is 5. The summed E-state index contributed by atoms with van der Waals surface area (Å²) in [5.41, 5.74) is 2.04. The third kappa shape index (κ3) is 4.81. The summed E-state index contributed by atoms with van der Waals surface area (Å²) in [6.07, 6.45) is -4.97. The Morgan fingerprint density at radius 2 is 1.73 bits per heavy atom. The normalized spacial score (nSPS) is 15.8. The lowest BCUT2D eigenvalue weighted by molar-refractivity contribution is -0.138. The van der Waals surface area contributed by atoms with Gasteiger partial charge >= 0.3 is 6.18 Å². The molecule has 0 spiro atoms. The van der Waals surface area contributed by atoms with Gasteiger partial charge in [-0.15, -0.1) is 0 Å². The van der Waals surface area contributed by atoms with Gasteiger partial charge in [0.15, 0.2) is 0 Å². The van der Waals surface area contributed by atoms with E-state index in [1.807, 2.05) is 32.8 Å². The number of likely N-dealkylation sites (N-methyl/N-ethyl adjacent to an activating group) is 1. The van der Waals surface area contributed by atoms with Gasteiger partial charge in [0, 0.05) is 18.0 Å². The quantitative estimate of drug-likeness (QED) is 0.552. The maximum atomic E-state index is 12.1. The number of hydrazine groups is 1. The maximum Gasteiger partial charge on any atom is 0.389 e. The minimum absolute atomic E-state index is 0.0226. The second kappa shape index (κ2) is 5.14. The minimum Gasteiger partial charge on any atom is -0.303 e. The summed E-state index contributed by atoms with van der Waals surface area (Å²) < 4.78 is 36.2. The van der Waals surface area contributed by atoms with Crippen LogP contribution >= 0.6 is 0 Å². The van der Waals surface area contributed by atoms with Gasteiger partial charge in [0.2, 0.25) is 0 Å². The van der Waals surface area contributed by atoms with Gasteiger partial charge in [-0.05, 0) is 34.4 Å². The molecular weight excluding hydrogens is 207 g/mol. The Bertz CT molecular complexity index is 190. The molecule has 1 atom stereocenters. The molecule has 0 aliphatic carbocycles. The van der Waals surface area contributed by atoms with Crippen LogP contribution in [-0.4, -0.2) is 36.8 Å². The van der Waals surface area contributed by atoms with Crippen LogP contribution in [0.4, 0.5) is 13.2 Å². The second-order valence-corrected chi connectivity index (χ2v) is 4.42. The summed E-state index contributed by atoms with van der Waals surface area (Å²) in [4.78, 5) is 1.86. The topological polar surface area (TPSA) is 41.3 Å². The molecular formula is C9H20F3N3. The van der Waals surface area contributed by atoms with E-state index in [-0.39, 0.29) is 6.42 Å². The van der Waals surface area contributed by atoms with Gasteiger partial charge in [-0.2, -0.15) is 13.2 Å². The molecule has 3 N–H and O–H groups in total. The molecule has 0 saturated carbocycles. The Morgan fingerprint density at radius 1 is 1.27 bits per heavy atom. The van der Waals surface area contributed by atoms with Crippen molar-refractivity contribution >= 4 is 0 Å². The van der Waals surface area contributed by atoms with Crippen LogP contribution < -0.4 is 11.3 Å². The molecule has 0 aromatic carbocycles. The lowest BCUT2D eigenvalue weighted by Crippen LogP contribution is -2.57. The van der Waals surface area contributed by atoms with Crippen LogP contribution in [-0.2, 0) is 0 Å². The SMILES string of the molecule is CN(C)C(C)(C)C(CCC(F)(F)F)NN. The van der Waals surface area contributed by atoms with E-state index >= 15 is 0 Å². The molecule has 1 unspecified atom stereocenters. The molecule has 0 amide bonds. The number of nitrogens with two attached hydrogens (primary N) is 1. The zero-order chi connectivity index (χ0) is 12.3. The van der Waals surface area contributed by atoms with Crippen molar-refractivity contribution in [2.75, 3.05) is 14.1 Å². The van der Waals surface area contributed by atoms with Gasteiger partial charge in [0.1, 0.15) is 0 Å². The molecule has 6 heteroatoms. The average molecular weight is 227 g/mol. The highest BCUT2D eigenvalue weighted by Crippen LogP contribution is 2.26. The fraction of sp³-hybridized carbons (Fsp3) is 1.00. The van der Waals surface area contributed by atoms with E-state index in [0.717, 1.165) is 0 Å². The highest BCUT2D eigenvalue weighted by molar-refractivity contribution is 4.90. The largest absolute Gasteiger partial charge is 0.389 e. The Balaban J connectivity index is 4.37. The standard InChI is InChI=1S/C9H20F3N3/c1-8(2,15(3)4)7(14-13)5-6-9(10,11)12/h7,14H,5-6,13H2,1-4H3. The number of hydrogen-bond donors (Lipinski definition) is 2. The molecule has 0 radical (unpaired) electrons.